The van der Waals surface area contributed by atoms with Crippen LogP contribution >= 0.6 is 0 Å². The van der Waals surface area contributed by atoms with Gasteiger partial charge in [-0.2, -0.15) is 0 Å². The fraction of sp³-hybridized carbons (Fsp3) is 0. The first-order valence-corrected chi connectivity index (χ1v) is 22.4. The number of benzene rings is 11. The second-order valence-corrected chi connectivity index (χ2v) is 17.2. The van der Waals surface area contributed by atoms with Crippen LogP contribution in [-0.4, -0.2) is 24.1 Å². The first-order valence-electron chi connectivity index (χ1n) is 22.4. The highest BCUT2D eigenvalue weighted by molar-refractivity contribution is 6.22. The molecule has 14 aromatic rings. The van der Waals surface area contributed by atoms with Crippen molar-refractivity contribution in [1.82, 2.24) is 24.1 Å². The number of hydrogen-bond donors (Lipinski definition) is 0. The molecule has 0 bridgehead atoms. The molecule has 66 heavy (non-hydrogen) atoms. The third-order valence-electron chi connectivity index (χ3n) is 13.5. The molecule has 5 heteroatoms. The van der Waals surface area contributed by atoms with E-state index in [9.17, 15) is 0 Å². The maximum atomic E-state index is 5.32. The third kappa shape index (κ3) is 5.57. The molecule has 306 valence electrons. The van der Waals surface area contributed by atoms with Crippen LogP contribution in [0.4, 0.5) is 0 Å². The van der Waals surface area contributed by atoms with Crippen LogP contribution in [0.3, 0.4) is 0 Å². The van der Waals surface area contributed by atoms with E-state index in [2.05, 4.69) is 215 Å². The maximum absolute atomic E-state index is 5.32. The number of para-hydroxylation sites is 1. The van der Waals surface area contributed by atoms with Crippen LogP contribution in [0.5, 0.6) is 0 Å². The van der Waals surface area contributed by atoms with Crippen LogP contribution < -0.4 is 0 Å². The van der Waals surface area contributed by atoms with Crippen molar-refractivity contribution in [2.45, 2.75) is 0 Å². The van der Waals surface area contributed by atoms with Gasteiger partial charge in [0.05, 0.1) is 22.1 Å². The van der Waals surface area contributed by atoms with Gasteiger partial charge in [-0.3, -0.25) is 0 Å². The van der Waals surface area contributed by atoms with Crippen molar-refractivity contribution in [2.24, 2.45) is 0 Å². The minimum Gasteiger partial charge on any atom is -0.309 e. The summed E-state index contributed by atoms with van der Waals surface area (Å²) < 4.78 is 4.84. The Labute approximate surface area is 379 Å². The van der Waals surface area contributed by atoms with Crippen molar-refractivity contribution < 1.29 is 0 Å². The molecule has 0 unspecified atom stereocenters. The Morgan fingerprint density at radius 2 is 0.818 bits per heavy atom. The van der Waals surface area contributed by atoms with Crippen LogP contribution in [0.15, 0.2) is 224 Å². The van der Waals surface area contributed by atoms with Crippen molar-refractivity contribution in [2.75, 3.05) is 0 Å². The molecule has 0 amide bonds. The normalized spacial score (nSPS) is 11.9. The smallest absolute Gasteiger partial charge is 0.164 e. The summed E-state index contributed by atoms with van der Waals surface area (Å²) in [4.78, 5) is 15.7. The lowest BCUT2D eigenvalue weighted by molar-refractivity contribution is 1.07. The van der Waals surface area contributed by atoms with Gasteiger partial charge in [-0.25, -0.2) is 15.0 Å². The van der Waals surface area contributed by atoms with Gasteiger partial charge in [-0.15, -0.1) is 0 Å². The minimum atomic E-state index is 0.616. The van der Waals surface area contributed by atoms with Crippen molar-refractivity contribution in [3.05, 3.63) is 224 Å². The Morgan fingerprint density at radius 1 is 0.258 bits per heavy atom. The molecule has 5 nitrogen and oxygen atoms in total. The topological polar surface area (TPSA) is 48.5 Å². The quantitative estimate of drug-likeness (QED) is 0.162. The van der Waals surface area contributed by atoms with Gasteiger partial charge in [0.25, 0.3) is 0 Å². The van der Waals surface area contributed by atoms with Crippen LogP contribution in [0, 0.1) is 0 Å². The highest BCUT2D eigenvalue weighted by atomic mass is 15.0. The molecule has 0 saturated carbocycles. The largest absolute Gasteiger partial charge is 0.309 e. The van der Waals surface area contributed by atoms with Gasteiger partial charge in [0, 0.05) is 49.6 Å². The van der Waals surface area contributed by atoms with Crippen molar-refractivity contribution in [3.63, 3.8) is 0 Å². The fourth-order valence-corrected chi connectivity index (χ4v) is 10.5. The van der Waals surface area contributed by atoms with Crippen molar-refractivity contribution in [1.29, 1.82) is 0 Å². The van der Waals surface area contributed by atoms with E-state index in [-0.39, 0.29) is 0 Å². The third-order valence-corrected chi connectivity index (χ3v) is 13.5. The van der Waals surface area contributed by atoms with E-state index in [1.54, 1.807) is 0 Å². The first kappa shape index (κ1) is 36.5. The van der Waals surface area contributed by atoms with Crippen LogP contribution in [-0.2, 0) is 0 Å². The average Bonchev–Trinajstić information content (AvgIpc) is 3.90. The second-order valence-electron chi connectivity index (χ2n) is 17.2. The Bertz CT molecular complexity index is 4290. The van der Waals surface area contributed by atoms with E-state index in [1.165, 1.54) is 64.9 Å². The monoisotopic (exact) mass is 839 g/mol. The summed E-state index contributed by atoms with van der Waals surface area (Å²) >= 11 is 0. The zero-order chi connectivity index (χ0) is 43.3. The average molecular weight is 840 g/mol. The zero-order valence-corrected chi connectivity index (χ0v) is 35.6. The maximum Gasteiger partial charge on any atom is 0.164 e. The molecule has 0 aliphatic carbocycles. The Hall–Kier alpha value is -8.93. The molecule has 0 aliphatic heterocycles. The lowest BCUT2D eigenvalue weighted by atomic mass is 9.97. The summed E-state index contributed by atoms with van der Waals surface area (Å²) in [6.45, 7) is 0. The summed E-state index contributed by atoms with van der Waals surface area (Å²) in [6, 6.07) is 80.5. The number of fused-ring (bicyclic) bond motifs is 12. The standard InChI is InChI=1S/C61H37N5/c1-2-16-39(17-3-1)59-62-60(64-61(63-59)53-35-42-20-7-8-23-46(42)48-25-10-11-26-49(48)53)43-21-14-22-44(33-43)66-55-32-30-45(37-52(55)51-34-40-18-4-5-19-41(40)36-57(51)66)65-54-28-13-12-27-50(54)58-47-24-9-6-15-38(47)29-31-56(58)65/h1-37H. The van der Waals surface area contributed by atoms with Gasteiger partial charge in [0.1, 0.15) is 0 Å². The zero-order valence-electron chi connectivity index (χ0n) is 35.6. The molecule has 0 fully saturated rings. The number of rotatable bonds is 5. The van der Waals surface area contributed by atoms with Crippen molar-refractivity contribution >= 4 is 86.7 Å². The Kier molecular flexibility index (Phi) is 7.91. The molecule has 0 saturated heterocycles. The predicted octanol–water partition coefficient (Wildman–Crippen LogP) is 15.7. The predicted molar refractivity (Wildman–Crippen MR) is 275 cm³/mol. The first-order chi connectivity index (χ1) is 32.7. The lowest BCUT2D eigenvalue weighted by Gasteiger charge is -2.14. The van der Waals surface area contributed by atoms with E-state index in [4.69, 9.17) is 15.0 Å². The summed E-state index contributed by atoms with van der Waals surface area (Å²) in [6.07, 6.45) is 0. The highest BCUT2D eigenvalue weighted by Gasteiger charge is 2.20. The molecule has 14 rings (SSSR count). The summed E-state index contributed by atoms with van der Waals surface area (Å²) in [5.74, 6) is 1.89. The molecule has 0 aliphatic rings. The summed E-state index contributed by atoms with van der Waals surface area (Å²) in [5, 5.41) is 14.4. The molecule has 3 aromatic heterocycles. The molecular formula is C61H37N5. The fourth-order valence-electron chi connectivity index (χ4n) is 10.5. The molecular weight excluding hydrogens is 803 g/mol. The SMILES string of the molecule is c1ccc(-c2nc(-c3cccc(-n4c5ccc(-n6c7ccccc7c7c8ccccc8ccc76)cc5c5cc6ccccc6cc54)c3)nc(-c3cc4ccccc4c4ccccc34)n2)cc1. The van der Waals surface area contributed by atoms with Crippen molar-refractivity contribution in [3.8, 4) is 45.5 Å². The number of aromatic nitrogens is 5. The molecule has 3 heterocycles. The Morgan fingerprint density at radius 3 is 1.65 bits per heavy atom. The van der Waals surface area contributed by atoms with Crippen LogP contribution in [0.2, 0.25) is 0 Å². The van der Waals surface area contributed by atoms with E-state index in [0.717, 1.165) is 49.9 Å². The minimum absolute atomic E-state index is 0.616. The van der Waals surface area contributed by atoms with Gasteiger partial charge in [0.2, 0.25) is 0 Å². The van der Waals surface area contributed by atoms with Gasteiger partial charge >= 0.3 is 0 Å². The van der Waals surface area contributed by atoms with E-state index >= 15 is 0 Å². The van der Waals surface area contributed by atoms with E-state index < -0.39 is 0 Å². The lowest BCUT2D eigenvalue weighted by Crippen LogP contribution is -2.01. The molecule has 0 N–H and O–H groups in total. The summed E-state index contributed by atoms with van der Waals surface area (Å²) in [7, 11) is 0. The molecule has 0 atom stereocenters. The van der Waals surface area contributed by atoms with Gasteiger partial charge in [-0.05, 0) is 104 Å². The molecule has 0 radical (unpaired) electrons. The number of hydrogen-bond acceptors (Lipinski definition) is 3. The van der Waals surface area contributed by atoms with Crippen LogP contribution in [0.25, 0.3) is 132 Å². The second kappa shape index (κ2) is 14.3. The molecule has 11 aromatic carbocycles. The summed E-state index contributed by atoms with van der Waals surface area (Å²) in [5.41, 5.74) is 9.60. The van der Waals surface area contributed by atoms with E-state index in [0.29, 0.717) is 17.5 Å². The van der Waals surface area contributed by atoms with Gasteiger partial charge < -0.3 is 9.13 Å². The van der Waals surface area contributed by atoms with Crippen LogP contribution in [0.1, 0.15) is 0 Å². The Balaban J connectivity index is 0.991. The molecule has 0 spiro atoms. The number of nitrogens with zero attached hydrogens (tertiary/aromatic N) is 5. The highest BCUT2D eigenvalue weighted by Crippen LogP contribution is 2.41. The van der Waals surface area contributed by atoms with Gasteiger partial charge in [0.15, 0.2) is 17.5 Å². The van der Waals surface area contributed by atoms with Gasteiger partial charge in [-0.1, -0.05) is 164 Å². The van der Waals surface area contributed by atoms with E-state index in [1.807, 2.05) is 18.2 Å².